The van der Waals surface area contributed by atoms with Crippen molar-refractivity contribution in [3.63, 3.8) is 0 Å². The van der Waals surface area contributed by atoms with Crippen molar-refractivity contribution in [2.75, 3.05) is 65.3 Å². The number of anilines is 1. The van der Waals surface area contributed by atoms with Crippen LogP contribution in [0.25, 0.3) is 0 Å². The summed E-state index contributed by atoms with van der Waals surface area (Å²) in [6.07, 6.45) is 3.74. The maximum absolute atomic E-state index is 10.3. The monoisotopic (exact) mass is 322 g/mol. The van der Waals surface area contributed by atoms with Crippen LogP contribution in [0.4, 0.5) is 5.95 Å². The van der Waals surface area contributed by atoms with Gasteiger partial charge in [-0.1, -0.05) is 0 Å². The standard InChI is InChI=1S/C16H30N6O/c1-16(23,13-20(2)3)12-17-9-14-10-18-15(19-11-14)22-7-5-21(4)6-8-22/h10-11,17,23H,5-9,12-13H2,1-4H3. The van der Waals surface area contributed by atoms with Gasteiger partial charge in [0.2, 0.25) is 5.95 Å². The third-order valence-corrected chi connectivity index (χ3v) is 3.97. The van der Waals surface area contributed by atoms with E-state index in [-0.39, 0.29) is 0 Å². The summed E-state index contributed by atoms with van der Waals surface area (Å²) < 4.78 is 0. The number of nitrogens with one attached hydrogen (secondary N) is 1. The molecule has 1 atom stereocenters. The highest BCUT2D eigenvalue weighted by Crippen LogP contribution is 2.10. The zero-order valence-electron chi connectivity index (χ0n) is 14.8. The number of hydrogen-bond donors (Lipinski definition) is 2. The second kappa shape index (κ2) is 8.01. The van der Waals surface area contributed by atoms with Gasteiger partial charge in [-0.05, 0) is 28.1 Å². The van der Waals surface area contributed by atoms with Crippen LogP contribution >= 0.6 is 0 Å². The minimum absolute atomic E-state index is 0.533. The van der Waals surface area contributed by atoms with Crippen LogP contribution < -0.4 is 10.2 Å². The van der Waals surface area contributed by atoms with Crippen molar-refractivity contribution in [1.82, 2.24) is 25.1 Å². The van der Waals surface area contributed by atoms with Crippen molar-refractivity contribution >= 4 is 5.95 Å². The quantitative estimate of drug-likeness (QED) is 0.710. The molecule has 0 amide bonds. The molecule has 7 heteroatoms. The van der Waals surface area contributed by atoms with Crippen molar-refractivity contribution < 1.29 is 5.11 Å². The van der Waals surface area contributed by atoms with Gasteiger partial charge >= 0.3 is 0 Å². The average Bonchev–Trinajstić information content (AvgIpc) is 2.47. The Morgan fingerprint density at radius 1 is 1.22 bits per heavy atom. The highest BCUT2D eigenvalue weighted by Gasteiger charge is 2.20. The maximum atomic E-state index is 10.3. The van der Waals surface area contributed by atoms with Crippen LogP contribution in [0.5, 0.6) is 0 Å². The Morgan fingerprint density at radius 2 is 1.83 bits per heavy atom. The summed E-state index contributed by atoms with van der Waals surface area (Å²) in [5.74, 6) is 0.807. The second-order valence-corrected chi connectivity index (χ2v) is 7.02. The zero-order chi connectivity index (χ0) is 16.9. The minimum atomic E-state index is -0.746. The molecular weight excluding hydrogens is 292 g/mol. The van der Waals surface area contributed by atoms with Gasteiger partial charge in [0.05, 0.1) is 5.60 Å². The fourth-order valence-electron chi connectivity index (χ4n) is 2.82. The lowest BCUT2D eigenvalue weighted by Crippen LogP contribution is -2.45. The molecular formula is C16H30N6O. The molecule has 0 aromatic carbocycles. The van der Waals surface area contributed by atoms with E-state index in [1.165, 1.54) is 0 Å². The van der Waals surface area contributed by atoms with Crippen LogP contribution in [0.1, 0.15) is 12.5 Å². The zero-order valence-corrected chi connectivity index (χ0v) is 14.8. The van der Waals surface area contributed by atoms with Crippen LogP contribution in [-0.2, 0) is 6.54 Å². The van der Waals surface area contributed by atoms with Crippen molar-refractivity contribution in [2.24, 2.45) is 0 Å². The van der Waals surface area contributed by atoms with E-state index in [1.54, 1.807) is 0 Å². The van der Waals surface area contributed by atoms with Gasteiger partial charge in [0.25, 0.3) is 0 Å². The molecule has 1 saturated heterocycles. The van der Waals surface area contributed by atoms with E-state index >= 15 is 0 Å². The molecule has 1 unspecified atom stereocenters. The van der Waals surface area contributed by atoms with Crippen molar-refractivity contribution in [3.05, 3.63) is 18.0 Å². The van der Waals surface area contributed by atoms with E-state index < -0.39 is 5.60 Å². The van der Waals surface area contributed by atoms with E-state index in [9.17, 15) is 5.11 Å². The molecule has 7 nitrogen and oxygen atoms in total. The highest BCUT2D eigenvalue weighted by molar-refractivity contribution is 5.30. The van der Waals surface area contributed by atoms with E-state index in [0.717, 1.165) is 37.7 Å². The minimum Gasteiger partial charge on any atom is -0.388 e. The third-order valence-electron chi connectivity index (χ3n) is 3.97. The topological polar surface area (TPSA) is 67.8 Å². The largest absolute Gasteiger partial charge is 0.388 e. The highest BCUT2D eigenvalue weighted by atomic mass is 16.3. The summed E-state index contributed by atoms with van der Waals surface area (Å²) in [7, 11) is 6.05. The van der Waals surface area contributed by atoms with Gasteiger partial charge in [0.1, 0.15) is 0 Å². The van der Waals surface area contributed by atoms with Crippen molar-refractivity contribution in [3.8, 4) is 0 Å². The Balaban J connectivity index is 1.79. The van der Waals surface area contributed by atoms with E-state index in [0.29, 0.717) is 19.6 Å². The second-order valence-electron chi connectivity index (χ2n) is 7.02. The molecule has 1 aromatic heterocycles. The predicted molar refractivity (Wildman–Crippen MR) is 92.6 cm³/mol. The van der Waals surface area contributed by atoms with Crippen LogP contribution in [0.2, 0.25) is 0 Å². The lowest BCUT2D eigenvalue weighted by atomic mass is 10.1. The van der Waals surface area contributed by atoms with Crippen LogP contribution in [-0.4, -0.2) is 90.9 Å². The first-order chi connectivity index (χ1) is 10.9. The van der Waals surface area contributed by atoms with E-state index in [2.05, 4.69) is 32.1 Å². The van der Waals surface area contributed by atoms with Gasteiger partial charge in [0.15, 0.2) is 0 Å². The molecule has 130 valence electrons. The summed E-state index contributed by atoms with van der Waals surface area (Å²) in [5.41, 5.74) is 0.285. The van der Waals surface area contributed by atoms with E-state index in [1.807, 2.05) is 38.3 Å². The lowest BCUT2D eigenvalue weighted by molar-refractivity contribution is 0.0336. The summed E-state index contributed by atoms with van der Waals surface area (Å²) in [4.78, 5) is 15.5. The Morgan fingerprint density at radius 3 is 2.39 bits per heavy atom. The number of rotatable bonds is 7. The molecule has 1 fully saturated rings. The average molecular weight is 322 g/mol. The first-order valence-electron chi connectivity index (χ1n) is 8.18. The lowest BCUT2D eigenvalue weighted by Gasteiger charge is -2.32. The van der Waals surface area contributed by atoms with Crippen molar-refractivity contribution in [2.45, 2.75) is 19.1 Å². The van der Waals surface area contributed by atoms with Gasteiger partial charge in [-0.15, -0.1) is 0 Å². The van der Waals surface area contributed by atoms with Gasteiger partial charge in [-0.2, -0.15) is 0 Å². The molecule has 2 rings (SSSR count). The number of likely N-dealkylation sites (N-methyl/N-ethyl adjacent to an activating group) is 2. The number of aromatic nitrogens is 2. The molecule has 0 saturated carbocycles. The van der Waals surface area contributed by atoms with Crippen LogP contribution in [0, 0.1) is 0 Å². The molecule has 0 radical (unpaired) electrons. The number of aliphatic hydroxyl groups is 1. The number of nitrogens with zero attached hydrogens (tertiary/aromatic N) is 5. The summed E-state index contributed by atoms with van der Waals surface area (Å²) in [6.45, 7) is 7.70. The van der Waals surface area contributed by atoms with Gasteiger partial charge in [0, 0.05) is 63.8 Å². The normalized spacial score (nSPS) is 19.1. The van der Waals surface area contributed by atoms with Crippen LogP contribution in [0.3, 0.4) is 0 Å². The Hall–Kier alpha value is -1.28. The molecule has 2 N–H and O–H groups in total. The first kappa shape index (κ1) is 18.1. The summed E-state index contributed by atoms with van der Waals surface area (Å²) >= 11 is 0. The molecule has 0 aliphatic carbocycles. The molecule has 23 heavy (non-hydrogen) atoms. The SMILES string of the molecule is CN(C)CC(C)(O)CNCc1cnc(N2CCN(C)CC2)nc1. The Kier molecular flexibility index (Phi) is 6.29. The predicted octanol–water partition coefficient (Wildman–Crippen LogP) is -0.369. The van der Waals surface area contributed by atoms with Crippen molar-refractivity contribution in [1.29, 1.82) is 0 Å². The summed E-state index contributed by atoms with van der Waals surface area (Å²) in [6, 6.07) is 0. The molecule has 2 heterocycles. The first-order valence-corrected chi connectivity index (χ1v) is 8.18. The maximum Gasteiger partial charge on any atom is 0.225 e. The Bertz CT molecular complexity index is 468. The van der Waals surface area contributed by atoms with Gasteiger partial charge < -0.3 is 25.1 Å². The van der Waals surface area contributed by atoms with Crippen LogP contribution in [0.15, 0.2) is 12.4 Å². The molecule has 1 aliphatic heterocycles. The molecule has 1 aromatic rings. The Labute approximate surface area is 139 Å². The summed E-state index contributed by atoms with van der Waals surface area (Å²) in [5, 5.41) is 13.5. The fourth-order valence-corrected chi connectivity index (χ4v) is 2.82. The molecule has 0 bridgehead atoms. The third kappa shape index (κ3) is 6.02. The molecule has 1 aliphatic rings. The van der Waals surface area contributed by atoms with Gasteiger partial charge in [-0.25, -0.2) is 9.97 Å². The van der Waals surface area contributed by atoms with E-state index in [4.69, 9.17) is 0 Å². The fraction of sp³-hybridized carbons (Fsp3) is 0.750. The number of hydrogen-bond acceptors (Lipinski definition) is 7. The van der Waals surface area contributed by atoms with Gasteiger partial charge in [-0.3, -0.25) is 0 Å². The molecule has 0 spiro atoms. The smallest absolute Gasteiger partial charge is 0.225 e. The number of piperazine rings is 1.